The third-order valence-electron chi connectivity index (χ3n) is 4.79. The Morgan fingerprint density at radius 2 is 1.79 bits per heavy atom. The van der Waals surface area contributed by atoms with E-state index in [0.29, 0.717) is 18.8 Å². The summed E-state index contributed by atoms with van der Waals surface area (Å²) in [6, 6.07) is 13.9. The molecule has 1 amide bonds. The smallest absolute Gasteiger partial charge is 0.267 e. The Bertz CT molecular complexity index is 981. The first-order valence-electron chi connectivity index (χ1n) is 9.54. The van der Waals surface area contributed by atoms with Crippen LogP contribution in [0, 0.1) is 6.92 Å². The van der Waals surface area contributed by atoms with Crippen LogP contribution in [-0.4, -0.2) is 44.0 Å². The Morgan fingerprint density at radius 3 is 2.45 bits per heavy atom. The largest absolute Gasteiger partial charge is 0.383 e. The minimum Gasteiger partial charge on any atom is -0.383 e. The summed E-state index contributed by atoms with van der Waals surface area (Å²) in [5.41, 5.74) is 2.46. The molecular formula is C21H25N3O4S. The summed E-state index contributed by atoms with van der Waals surface area (Å²) in [5, 5.41) is 6.59. The summed E-state index contributed by atoms with van der Waals surface area (Å²) in [5.74, 6) is -0.373. The summed E-state index contributed by atoms with van der Waals surface area (Å²) in [4.78, 5) is 17.7. The van der Waals surface area contributed by atoms with Gasteiger partial charge >= 0.3 is 0 Å². The molecule has 154 valence electrons. The highest BCUT2D eigenvalue weighted by molar-refractivity contribution is 7.89. The number of rotatable bonds is 7. The number of anilines is 1. The molecule has 2 aromatic rings. The number of benzene rings is 2. The van der Waals surface area contributed by atoms with Crippen LogP contribution in [0.15, 0.2) is 58.6 Å². The number of nitrogens with one attached hydrogen (secondary N) is 1. The summed E-state index contributed by atoms with van der Waals surface area (Å²) in [7, 11) is -3.47. The zero-order valence-corrected chi connectivity index (χ0v) is 17.4. The third-order valence-corrected chi connectivity index (χ3v) is 6.71. The molecule has 29 heavy (non-hydrogen) atoms. The van der Waals surface area contributed by atoms with Gasteiger partial charge in [-0.2, -0.15) is 4.31 Å². The quantitative estimate of drug-likeness (QED) is 0.556. The van der Waals surface area contributed by atoms with E-state index in [1.54, 1.807) is 25.3 Å². The topological polar surface area (TPSA) is 88.1 Å². The van der Waals surface area contributed by atoms with E-state index in [0.717, 1.165) is 24.0 Å². The minimum absolute atomic E-state index is 0.226. The van der Waals surface area contributed by atoms with E-state index in [1.807, 2.05) is 31.2 Å². The van der Waals surface area contributed by atoms with Crippen molar-refractivity contribution in [1.82, 2.24) is 4.31 Å². The second kappa shape index (κ2) is 9.19. The zero-order chi connectivity index (χ0) is 20.9. The monoisotopic (exact) mass is 415 g/mol. The Labute approximate surface area is 171 Å². The van der Waals surface area contributed by atoms with Gasteiger partial charge < -0.3 is 10.2 Å². The lowest BCUT2D eigenvalue weighted by Gasteiger charge is -2.16. The molecule has 1 fully saturated rings. The van der Waals surface area contributed by atoms with Crippen molar-refractivity contribution in [3.05, 3.63) is 59.7 Å². The maximum absolute atomic E-state index is 12.5. The normalized spacial score (nSPS) is 16.1. The first-order chi connectivity index (χ1) is 13.9. The number of hydrogen-bond acceptors (Lipinski definition) is 5. The summed E-state index contributed by atoms with van der Waals surface area (Å²) in [6.07, 6.45) is 2.54. The number of aryl methyl sites for hydroxylation is 1. The maximum Gasteiger partial charge on any atom is 0.267 e. The van der Waals surface area contributed by atoms with Crippen molar-refractivity contribution in [1.29, 1.82) is 0 Å². The Balaban J connectivity index is 1.56. The van der Waals surface area contributed by atoms with Crippen molar-refractivity contribution in [3.63, 3.8) is 0 Å². The third kappa shape index (κ3) is 5.21. The van der Waals surface area contributed by atoms with E-state index in [-0.39, 0.29) is 10.8 Å². The fourth-order valence-corrected chi connectivity index (χ4v) is 4.51. The van der Waals surface area contributed by atoms with Gasteiger partial charge in [-0.15, -0.1) is 0 Å². The summed E-state index contributed by atoms with van der Waals surface area (Å²) >= 11 is 0. The van der Waals surface area contributed by atoms with E-state index in [4.69, 9.17) is 4.84 Å². The lowest BCUT2D eigenvalue weighted by atomic mass is 10.1. The Morgan fingerprint density at radius 1 is 1.14 bits per heavy atom. The Hall–Kier alpha value is -2.71. The van der Waals surface area contributed by atoms with Crippen LogP contribution >= 0.6 is 0 Å². The molecule has 0 aromatic heterocycles. The van der Waals surface area contributed by atoms with E-state index in [9.17, 15) is 13.2 Å². The molecule has 3 rings (SSSR count). The molecule has 1 N–H and O–H groups in total. The number of nitrogens with zero attached hydrogens (tertiary/aromatic N) is 2. The molecule has 1 saturated heterocycles. The molecule has 0 bridgehead atoms. The van der Waals surface area contributed by atoms with Crippen LogP contribution in [-0.2, 0) is 19.7 Å². The molecule has 0 saturated carbocycles. The van der Waals surface area contributed by atoms with Crippen LogP contribution in [0.3, 0.4) is 0 Å². The molecule has 7 nitrogen and oxygen atoms in total. The van der Waals surface area contributed by atoms with Gasteiger partial charge in [0.2, 0.25) is 16.1 Å². The van der Waals surface area contributed by atoms with Gasteiger partial charge in [0.1, 0.15) is 0 Å². The van der Waals surface area contributed by atoms with Gasteiger partial charge in [-0.05, 0) is 62.1 Å². The second-order valence-electron chi connectivity index (χ2n) is 6.96. The lowest BCUT2D eigenvalue weighted by molar-refractivity contribution is -0.126. The number of sulfonamides is 1. The van der Waals surface area contributed by atoms with Gasteiger partial charge in [-0.3, -0.25) is 4.79 Å². The van der Waals surface area contributed by atoms with Crippen molar-refractivity contribution in [3.8, 4) is 0 Å². The van der Waals surface area contributed by atoms with Gasteiger partial charge in [-0.1, -0.05) is 29.4 Å². The first kappa shape index (κ1) is 21.0. The van der Waals surface area contributed by atoms with E-state index >= 15 is 0 Å². The Kier molecular flexibility index (Phi) is 6.66. The number of carbonyl (C=O) groups is 1. The second-order valence-corrected chi connectivity index (χ2v) is 8.90. The van der Waals surface area contributed by atoms with Gasteiger partial charge in [0.05, 0.1) is 11.1 Å². The van der Waals surface area contributed by atoms with Crippen LogP contribution in [0.25, 0.3) is 0 Å². The number of amides is 1. The lowest BCUT2D eigenvalue weighted by Crippen LogP contribution is -2.28. The fraction of sp³-hybridized carbons (Fsp3) is 0.333. The van der Waals surface area contributed by atoms with Gasteiger partial charge in [0, 0.05) is 18.8 Å². The highest BCUT2D eigenvalue weighted by Gasteiger charge is 2.27. The van der Waals surface area contributed by atoms with Crippen molar-refractivity contribution in [2.75, 3.05) is 18.4 Å². The number of hydrogen-bond donors (Lipinski definition) is 1. The van der Waals surface area contributed by atoms with Crippen LogP contribution < -0.4 is 5.32 Å². The van der Waals surface area contributed by atoms with E-state index in [1.165, 1.54) is 16.4 Å². The average molecular weight is 416 g/mol. The van der Waals surface area contributed by atoms with Crippen molar-refractivity contribution >= 4 is 27.8 Å². The van der Waals surface area contributed by atoms with Gasteiger partial charge in [-0.25, -0.2) is 8.42 Å². The van der Waals surface area contributed by atoms with Gasteiger partial charge in [0.15, 0.2) is 0 Å². The first-order valence-corrected chi connectivity index (χ1v) is 11.0. The molecule has 1 heterocycles. The molecule has 1 unspecified atom stereocenters. The number of carbonyl (C=O) groups excluding carboxylic acids is 1. The predicted molar refractivity (Wildman–Crippen MR) is 112 cm³/mol. The molecule has 0 spiro atoms. The van der Waals surface area contributed by atoms with Crippen molar-refractivity contribution < 1.29 is 18.0 Å². The predicted octanol–water partition coefficient (Wildman–Crippen LogP) is 3.16. The van der Waals surface area contributed by atoms with Crippen molar-refractivity contribution in [2.24, 2.45) is 5.16 Å². The number of oxime groups is 1. The van der Waals surface area contributed by atoms with E-state index in [2.05, 4.69) is 10.5 Å². The van der Waals surface area contributed by atoms with Crippen LogP contribution in [0.1, 0.15) is 30.9 Å². The van der Waals surface area contributed by atoms with Crippen LogP contribution in [0.4, 0.5) is 5.69 Å². The molecule has 0 radical (unpaired) electrons. The SMILES string of the molecule is Cc1ccccc1C=NOC(C)C(=O)Nc1ccc(S(=O)(=O)N2CCCC2)cc1. The van der Waals surface area contributed by atoms with E-state index < -0.39 is 16.1 Å². The zero-order valence-electron chi connectivity index (χ0n) is 16.5. The highest BCUT2D eigenvalue weighted by atomic mass is 32.2. The summed E-state index contributed by atoms with van der Waals surface area (Å²) < 4.78 is 26.6. The minimum atomic E-state index is -3.47. The molecule has 2 aromatic carbocycles. The maximum atomic E-state index is 12.5. The summed E-state index contributed by atoms with van der Waals surface area (Å²) in [6.45, 7) is 4.67. The average Bonchev–Trinajstić information content (AvgIpc) is 3.25. The molecule has 1 aliphatic heterocycles. The standard InChI is InChI=1S/C21H25N3O4S/c1-16-7-3-4-8-18(16)15-22-28-17(2)21(25)23-19-9-11-20(12-10-19)29(26,27)24-13-5-6-14-24/h3-4,7-12,15,17H,5-6,13-14H2,1-2H3,(H,23,25). The molecule has 0 aliphatic carbocycles. The molecule has 1 atom stereocenters. The molecule has 8 heteroatoms. The molecular weight excluding hydrogens is 390 g/mol. The van der Waals surface area contributed by atoms with Crippen LogP contribution in [0.2, 0.25) is 0 Å². The fourth-order valence-electron chi connectivity index (χ4n) is 2.99. The highest BCUT2D eigenvalue weighted by Crippen LogP contribution is 2.22. The van der Waals surface area contributed by atoms with Crippen LogP contribution in [0.5, 0.6) is 0 Å². The van der Waals surface area contributed by atoms with Gasteiger partial charge in [0.25, 0.3) is 5.91 Å². The molecule has 1 aliphatic rings. The van der Waals surface area contributed by atoms with Crippen molar-refractivity contribution in [2.45, 2.75) is 37.7 Å².